The van der Waals surface area contributed by atoms with Crippen molar-refractivity contribution in [3.05, 3.63) is 75.2 Å². The quantitative estimate of drug-likeness (QED) is 0.206. The lowest BCUT2D eigenvalue weighted by atomic mass is 10.2. The monoisotopic (exact) mass is 504 g/mol. The smallest absolute Gasteiger partial charge is 0.362 e. The van der Waals surface area contributed by atoms with Crippen molar-refractivity contribution in [2.45, 2.75) is 5.88 Å². The van der Waals surface area contributed by atoms with Crippen LogP contribution in [0.3, 0.4) is 0 Å². The SMILES string of the molecule is Nc1c(N)c2ccccc2oc1=O.O=C(O)CCl.O=c1oc2ccccc2c2nc(CCl)[nH]c12. The van der Waals surface area contributed by atoms with Gasteiger partial charge in [-0.2, -0.15) is 0 Å². The minimum absolute atomic E-state index is 0.0290. The number of carboxylic acid groups (broad SMARTS) is 1. The number of aromatic amines is 1. The third kappa shape index (κ3) is 5.30. The van der Waals surface area contributed by atoms with Crippen molar-refractivity contribution in [2.24, 2.45) is 0 Å². The molecule has 0 spiro atoms. The number of fused-ring (bicyclic) bond motifs is 4. The molecule has 3 aromatic heterocycles. The first-order chi connectivity index (χ1) is 16.3. The molecule has 5 aromatic rings. The molecule has 176 valence electrons. The maximum atomic E-state index is 11.6. The predicted octanol–water partition coefficient (Wildman–Crippen LogP) is 3.68. The number of alkyl halides is 2. The number of H-pyrrole nitrogens is 1. The molecule has 0 aliphatic rings. The van der Waals surface area contributed by atoms with Crippen LogP contribution in [0.25, 0.3) is 33.0 Å². The molecule has 5 rings (SSSR count). The van der Waals surface area contributed by atoms with Gasteiger partial charge in [0.2, 0.25) is 0 Å². The van der Waals surface area contributed by atoms with Crippen molar-refractivity contribution in [3.63, 3.8) is 0 Å². The number of nitrogen functional groups attached to an aromatic ring is 2. The Morgan fingerprint density at radius 3 is 2.03 bits per heavy atom. The van der Waals surface area contributed by atoms with E-state index in [1.165, 1.54) is 0 Å². The van der Waals surface area contributed by atoms with Crippen molar-refractivity contribution in [1.29, 1.82) is 0 Å². The van der Waals surface area contributed by atoms with E-state index in [1.54, 1.807) is 30.3 Å². The molecule has 0 amide bonds. The number of hydrogen-bond acceptors (Lipinski definition) is 8. The molecule has 0 saturated heterocycles. The number of rotatable bonds is 2. The number of halogens is 2. The summed E-state index contributed by atoms with van der Waals surface area (Å²) in [5, 5.41) is 9.07. The Labute approximate surface area is 200 Å². The first-order valence-corrected chi connectivity index (χ1v) is 10.6. The van der Waals surface area contributed by atoms with Gasteiger partial charge in [-0.05, 0) is 24.3 Å². The molecule has 0 bridgehead atoms. The van der Waals surface area contributed by atoms with E-state index < -0.39 is 17.2 Å². The largest absolute Gasteiger partial charge is 0.480 e. The number of hydrogen-bond donors (Lipinski definition) is 4. The van der Waals surface area contributed by atoms with Crippen LogP contribution in [-0.4, -0.2) is 26.9 Å². The number of nitrogens with zero attached hydrogens (tertiary/aromatic N) is 1. The van der Waals surface area contributed by atoms with E-state index in [4.69, 9.17) is 48.6 Å². The minimum atomic E-state index is -0.980. The Bertz CT molecular complexity index is 1590. The first-order valence-electron chi connectivity index (χ1n) is 9.57. The average Bonchev–Trinajstić information content (AvgIpc) is 3.29. The van der Waals surface area contributed by atoms with Crippen LogP contribution in [-0.2, 0) is 10.7 Å². The van der Waals surface area contributed by atoms with Gasteiger partial charge >= 0.3 is 17.2 Å². The number of anilines is 2. The Morgan fingerprint density at radius 2 is 1.44 bits per heavy atom. The number of para-hydroxylation sites is 2. The van der Waals surface area contributed by atoms with Gasteiger partial charge < -0.3 is 30.4 Å². The van der Waals surface area contributed by atoms with Crippen molar-refractivity contribution in [3.8, 4) is 0 Å². The summed E-state index contributed by atoms with van der Waals surface area (Å²) in [5.41, 5.74) is 12.3. The summed E-state index contributed by atoms with van der Waals surface area (Å²) in [7, 11) is 0. The maximum absolute atomic E-state index is 11.6. The summed E-state index contributed by atoms with van der Waals surface area (Å²) in [6.07, 6.45) is 0. The molecule has 0 aliphatic carbocycles. The first kappa shape index (κ1) is 24.6. The number of carbonyl (C=O) groups is 1. The third-order valence-electron chi connectivity index (χ3n) is 4.43. The lowest BCUT2D eigenvalue weighted by Gasteiger charge is -2.01. The van der Waals surface area contributed by atoms with Gasteiger partial charge in [-0.1, -0.05) is 24.3 Å². The fourth-order valence-electron chi connectivity index (χ4n) is 2.92. The van der Waals surface area contributed by atoms with Crippen LogP contribution in [0.15, 0.2) is 67.0 Å². The molecule has 0 aliphatic heterocycles. The highest BCUT2D eigenvalue weighted by Gasteiger charge is 2.11. The zero-order chi connectivity index (χ0) is 24.8. The van der Waals surface area contributed by atoms with Gasteiger partial charge in [0.15, 0.2) is 5.52 Å². The molecule has 0 radical (unpaired) electrons. The van der Waals surface area contributed by atoms with Crippen LogP contribution < -0.4 is 22.7 Å². The van der Waals surface area contributed by atoms with Crippen molar-refractivity contribution in [1.82, 2.24) is 9.97 Å². The molecular formula is C22H18Cl2N4O6. The van der Waals surface area contributed by atoms with E-state index in [2.05, 4.69) is 9.97 Å². The van der Waals surface area contributed by atoms with Gasteiger partial charge in [-0.3, -0.25) is 4.79 Å². The van der Waals surface area contributed by atoms with Gasteiger partial charge in [0.05, 0.1) is 11.6 Å². The Hall–Kier alpha value is -4.02. The summed E-state index contributed by atoms with van der Waals surface area (Å²) in [6.45, 7) is 0. The fourth-order valence-corrected chi connectivity index (χ4v) is 3.04. The highest BCUT2D eigenvalue weighted by molar-refractivity contribution is 6.26. The van der Waals surface area contributed by atoms with Gasteiger partial charge in [0.25, 0.3) is 0 Å². The lowest BCUT2D eigenvalue weighted by molar-refractivity contribution is -0.134. The van der Waals surface area contributed by atoms with E-state index in [-0.39, 0.29) is 23.1 Å². The van der Waals surface area contributed by atoms with Crippen molar-refractivity contribution >= 4 is 73.5 Å². The Kier molecular flexibility index (Phi) is 7.77. The Balaban J connectivity index is 0.000000162. The molecule has 0 saturated carbocycles. The molecule has 2 aromatic carbocycles. The summed E-state index contributed by atoms with van der Waals surface area (Å²) in [4.78, 5) is 39.1. The Morgan fingerprint density at radius 1 is 0.912 bits per heavy atom. The normalized spacial score (nSPS) is 10.4. The van der Waals surface area contributed by atoms with Gasteiger partial charge in [0.1, 0.15) is 34.1 Å². The summed E-state index contributed by atoms with van der Waals surface area (Å²) < 4.78 is 10.1. The van der Waals surface area contributed by atoms with E-state index in [0.29, 0.717) is 33.4 Å². The zero-order valence-electron chi connectivity index (χ0n) is 17.4. The number of imidazole rings is 1. The molecule has 6 N–H and O–H groups in total. The summed E-state index contributed by atoms with van der Waals surface area (Å²) in [5.74, 6) is -0.477. The second-order valence-electron chi connectivity index (χ2n) is 6.67. The number of benzene rings is 2. The molecule has 3 heterocycles. The number of nitrogens with one attached hydrogen (secondary N) is 1. The van der Waals surface area contributed by atoms with Crippen LogP contribution >= 0.6 is 23.2 Å². The second-order valence-corrected chi connectivity index (χ2v) is 7.20. The topological polar surface area (TPSA) is 178 Å². The van der Waals surface area contributed by atoms with E-state index in [9.17, 15) is 14.4 Å². The van der Waals surface area contributed by atoms with Gasteiger partial charge in [-0.15, -0.1) is 23.2 Å². The average molecular weight is 505 g/mol. The van der Waals surface area contributed by atoms with Crippen LogP contribution in [0.5, 0.6) is 0 Å². The van der Waals surface area contributed by atoms with Crippen molar-refractivity contribution < 1.29 is 18.7 Å². The molecule has 10 nitrogen and oxygen atoms in total. The van der Waals surface area contributed by atoms with E-state index in [1.807, 2.05) is 18.2 Å². The fraction of sp³-hybridized carbons (Fsp3) is 0.0909. The van der Waals surface area contributed by atoms with E-state index >= 15 is 0 Å². The predicted molar refractivity (Wildman–Crippen MR) is 131 cm³/mol. The standard InChI is InChI=1S/C11H7ClN2O2.C9H8N2O2.C2H3ClO2/c12-5-8-13-9-6-3-1-2-4-7(6)16-11(15)10(9)14-8;10-7-5-3-1-2-4-6(5)13-9(12)8(7)11;3-1-2(4)5/h1-4H,5H2,(H,13,14);1-4H,10-11H2;1H2,(H,4,5). The van der Waals surface area contributed by atoms with Crippen LogP contribution in [0.4, 0.5) is 11.4 Å². The van der Waals surface area contributed by atoms with Gasteiger partial charge in [-0.25, -0.2) is 14.6 Å². The van der Waals surface area contributed by atoms with Gasteiger partial charge in [0, 0.05) is 10.8 Å². The number of nitrogens with two attached hydrogens (primary N) is 2. The number of carboxylic acids is 1. The highest BCUT2D eigenvalue weighted by Crippen LogP contribution is 2.23. The van der Waals surface area contributed by atoms with Crippen LogP contribution in [0.1, 0.15) is 5.82 Å². The van der Waals surface area contributed by atoms with Crippen LogP contribution in [0.2, 0.25) is 0 Å². The molecule has 0 fully saturated rings. The summed E-state index contributed by atoms with van der Waals surface area (Å²) >= 11 is 10.4. The molecule has 0 atom stereocenters. The third-order valence-corrected chi connectivity index (χ3v) is 4.91. The lowest BCUT2D eigenvalue weighted by Crippen LogP contribution is -2.10. The second kappa shape index (κ2) is 10.7. The molecule has 34 heavy (non-hydrogen) atoms. The highest BCUT2D eigenvalue weighted by atomic mass is 35.5. The molecule has 12 heteroatoms. The zero-order valence-corrected chi connectivity index (χ0v) is 18.9. The minimum Gasteiger partial charge on any atom is -0.480 e. The summed E-state index contributed by atoms with van der Waals surface area (Å²) in [6, 6.07) is 14.3. The number of aliphatic carboxylic acids is 1. The van der Waals surface area contributed by atoms with E-state index in [0.717, 1.165) is 5.39 Å². The molecular weight excluding hydrogens is 487 g/mol. The maximum Gasteiger partial charge on any atom is 0.362 e. The van der Waals surface area contributed by atoms with Crippen molar-refractivity contribution in [2.75, 3.05) is 17.3 Å². The number of aromatic nitrogens is 2. The molecule has 0 unspecified atom stereocenters. The van der Waals surface area contributed by atoms with Crippen LogP contribution in [0, 0.1) is 0 Å².